The minimum atomic E-state index is -0.0955. The number of ether oxygens (including phenoxy) is 1. The van der Waals surface area contributed by atoms with Crippen molar-refractivity contribution in [2.24, 2.45) is 0 Å². The van der Waals surface area contributed by atoms with Crippen LogP contribution in [0.3, 0.4) is 0 Å². The van der Waals surface area contributed by atoms with E-state index in [4.69, 9.17) is 16.3 Å². The largest absolute Gasteiger partial charge is 0.496 e. The number of carbonyl (C=O) groups excluding carboxylic acids is 1. The van der Waals surface area contributed by atoms with Crippen molar-refractivity contribution in [3.8, 4) is 5.75 Å². The number of carbonyl (C=O) groups is 1. The highest BCUT2D eigenvalue weighted by atomic mass is 79.9. The summed E-state index contributed by atoms with van der Waals surface area (Å²) in [5.74, 6) is 0.459. The average Bonchev–Trinajstić information content (AvgIpc) is 2.27. The molecule has 0 aliphatic rings. The van der Waals surface area contributed by atoms with Gasteiger partial charge in [-0.1, -0.05) is 15.9 Å². The molecule has 1 atom stereocenters. The minimum Gasteiger partial charge on any atom is -0.496 e. The Morgan fingerprint density at radius 1 is 1.59 bits per heavy atom. The first kappa shape index (κ1) is 14.3. The average molecular weight is 321 g/mol. The first-order valence-electron chi connectivity index (χ1n) is 5.18. The van der Waals surface area contributed by atoms with Crippen LogP contribution in [0.1, 0.15) is 17.3 Å². The predicted molar refractivity (Wildman–Crippen MR) is 73.0 cm³/mol. The molecule has 0 aliphatic carbocycles. The predicted octanol–water partition coefficient (Wildman–Crippen LogP) is 3.16. The van der Waals surface area contributed by atoms with E-state index in [1.165, 1.54) is 0 Å². The standard InChI is InChI=1S/C12H15BrClNO2/c1-8(14)7-15(2)12(16)10-5-4-9(13)6-11(10)17-3/h4-6,8H,7H2,1-3H3. The van der Waals surface area contributed by atoms with Gasteiger partial charge >= 0.3 is 0 Å². The van der Waals surface area contributed by atoms with Gasteiger partial charge in [-0.3, -0.25) is 4.79 Å². The number of benzene rings is 1. The summed E-state index contributed by atoms with van der Waals surface area (Å²) < 4.78 is 6.07. The molecular weight excluding hydrogens is 305 g/mol. The second-order valence-corrected chi connectivity index (χ2v) is 5.47. The Morgan fingerprint density at radius 3 is 2.76 bits per heavy atom. The first-order valence-corrected chi connectivity index (χ1v) is 6.41. The molecule has 0 N–H and O–H groups in total. The van der Waals surface area contributed by atoms with E-state index in [2.05, 4.69) is 15.9 Å². The number of alkyl halides is 1. The number of hydrogen-bond acceptors (Lipinski definition) is 2. The van der Waals surface area contributed by atoms with Gasteiger partial charge in [0.1, 0.15) is 5.75 Å². The van der Waals surface area contributed by atoms with E-state index in [1.807, 2.05) is 13.0 Å². The molecule has 0 aliphatic heterocycles. The number of rotatable bonds is 4. The van der Waals surface area contributed by atoms with Crippen LogP contribution in [0, 0.1) is 0 Å². The molecule has 3 nitrogen and oxygen atoms in total. The minimum absolute atomic E-state index is 0.0783. The molecular formula is C12H15BrClNO2. The van der Waals surface area contributed by atoms with Crippen LogP contribution in [0.5, 0.6) is 5.75 Å². The molecule has 0 radical (unpaired) electrons. The lowest BCUT2D eigenvalue weighted by Crippen LogP contribution is -2.31. The van der Waals surface area contributed by atoms with Crippen LogP contribution in [0.25, 0.3) is 0 Å². The summed E-state index contributed by atoms with van der Waals surface area (Å²) in [6, 6.07) is 5.32. The molecule has 5 heteroatoms. The molecule has 17 heavy (non-hydrogen) atoms. The molecule has 0 saturated carbocycles. The Bertz CT molecular complexity index is 409. The van der Waals surface area contributed by atoms with Crippen molar-refractivity contribution in [3.05, 3.63) is 28.2 Å². The van der Waals surface area contributed by atoms with Crippen LogP contribution in [0.15, 0.2) is 22.7 Å². The maximum atomic E-state index is 12.1. The summed E-state index contributed by atoms with van der Waals surface area (Å²) in [5, 5.41) is -0.0783. The smallest absolute Gasteiger partial charge is 0.257 e. The van der Waals surface area contributed by atoms with Gasteiger partial charge < -0.3 is 9.64 Å². The van der Waals surface area contributed by atoms with Crippen LogP contribution < -0.4 is 4.74 Å². The molecule has 1 aromatic carbocycles. The summed E-state index contributed by atoms with van der Waals surface area (Å²) in [6.07, 6.45) is 0. The van der Waals surface area contributed by atoms with Crippen LogP contribution in [0.2, 0.25) is 0 Å². The summed E-state index contributed by atoms with van der Waals surface area (Å²) in [6.45, 7) is 2.35. The van der Waals surface area contributed by atoms with E-state index in [1.54, 1.807) is 31.2 Å². The summed E-state index contributed by atoms with van der Waals surface area (Å²) >= 11 is 9.21. The lowest BCUT2D eigenvalue weighted by atomic mass is 10.1. The third kappa shape index (κ3) is 3.89. The zero-order valence-electron chi connectivity index (χ0n) is 10.0. The van der Waals surface area contributed by atoms with Crippen LogP contribution >= 0.6 is 27.5 Å². The molecule has 0 bridgehead atoms. The molecule has 1 rings (SSSR count). The highest BCUT2D eigenvalue weighted by Crippen LogP contribution is 2.24. The maximum absolute atomic E-state index is 12.1. The van der Waals surface area contributed by atoms with Crippen molar-refractivity contribution >= 4 is 33.4 Å². The Kier molecular flexibility index (Phi) is 5.28. The van der Waals surface area contributed by atoms with Gasteiger partial charge in [0.15, 0.2) is 0 Å². The van der Waals surface area contributed by atoms with E-state index in [0.717, 1.165) is 4.47 Å². The summed E-state index contributed by atoms with van der Waals surface area (Å²) in [4.78, 5) is 13.7. The van der Waals surface area contributed by atoms with Crippen molar-refractivity contribution in [2.45, 2.75) is 12.3 Å². The van der Waals surface area contributed by atoms with Crippen LogP contribution in [-0.2, 0) is 0 Å². The van der Waals surface area contributed by atoms with Crippen molar-refractivity contribution in [2.75, 3.05) is 20.7 Å². The number of halogens is 2. The lowest BCUT2D eigenvalue weighted by Gasteiger charge is -2.19. The van der Waals surface area contributed by atoms with Gasteiger partial charge in [-0.15, -0.1) is 11.6 Å². The quantitative estimate of drug-likeness (QED) is 0.798. The van der Waals surface area contributed by atoms with E-state index in [9.17, 15) is 4.79 Å². The fourth-order valence-corrected chi connectivity index (χ4v) is 2.05. The summed E-state index contributed by atoms with van der Waals surface area (Å²) in [5.41, 5.74) is 0.538. The van der Waals surface area contributed by atoms with Crippen LogP contribution in [0.4, 0.5) is 0 Å². The lowest BCUT2D eigenvalue weighted by molar-refractivity contribution is 0.0793. The highest BCUT2D eigenvalue weighted by Gasteiger charge is 2.17. The second kappa shape index (κ2) is 6.26. The topological polar surface area (TPSA) is 29.5 Å². The zero-order valence-corrected chi connectivity index (χ0v) is 12.4. The molecule has 0 spiro atoms. The number of nitrogens with zero attached hydrogens (tertiary/aromatic N) is 1. The molecule has 1 amide bonds. The van der Waals surface area contributed by atoms with E-state index < -0.39 is 0 Å². The van der Waals surface area contributed by atoms with Crippen molar-refractivity contribution < 1.29 is 9.53 Å². The molecule has 1 unspecified atom stereocenters. The van der Waals surface area contributed by atoms with Gasteiger partial charge in [0.25, 0.3) is 5.91 Å². The second-order valence-electron chi connectivity index (χ2n) is 3.81. The van der Waals surface area contributed by atoms with E-state index in [0.29, 0.717) is 17.9 Å². The van der Waals surface area contributed by atoms with Crippen molar-refractivity contribution in [1.82, 2.24) is 4.90 Å². The number of hydrogen-bond donors (Lipinski definition) is 0. The van der Waals surface area contributed by atoms with Crippen molar-refractivity contribution in [1.29, 1.82) is 0 Å². The number of methoxy groups -OCH3 is 1. The van der Waals surface area contributed by atoms with Crippen molar-refractivity contribution in [3.63, 3.8) is 0 Å². The number of amides is 1. The zero-order chi connectivity index (χ0) is 13.0. The monoisotopic (exact) mass is 319 g/mol. The molecule has 0 saturated heterocycles. The van der Waals surface area contributed by atoms with Gasteiger partial charge in [0.2, 0.25) is 0 Å². The molecule has 94 valence electrons. The van der Waals surface area contributed by atoms with Gasteiger partial charge in [0.05, 0.1) is 12.7 Å². The van der Waals surface area contributed by atoms with Gasteiger partial charge in [0, 0.05) is 23.4 Å². The normalized spacial score (nSPS) is 12.1. The summed E-state index contributed by atoms with van der Waals surface area (Å²) in [7, 11) is 3.27. The third-order valence-corrected chi connectivity index (χ3v) is 2.90. The Labute approximate surface area is 115 Å². The Balaban J connectivity index is 2.95. The van der Waals surface area contributed by atoms with Crippen LogP contribution in [-0.4, -0.2) is 36.9 Å². The molecule has 1 aromatic rings. The molecule has 0 heterocycles. The molecule has 0 fully saturated rings. The SMILES string of the molecule is COc1cc(Br)ccc1C(=O)N(C)CC(C)Cl. The van der Waals surface area contributed by atoms with E-state index >= 15 is 0 Å². The first-order chi connectivity index (χ1) is 7.95. The highest BCUT2D eigenvalue weighted by molar-refractivity contribution is 9.10. The van der Waals surface area contributed by atoms with Gasteiger partial charge in [-0.25, -0.2) is 0 Å². The Morgan fingerprint density at radius 2 is 2.24 bits per heavy atom. The maximum Gasteiger partial charge on any atom is 0.257 e. The third-order valence-electron chi connectivity index (χ3n) is 2.27. The van der Waals surface area contributed by atoms with Gasteiger partial charge in [-0.05, 0) is 25.1 Å². The molecule has 0 aromatic heterocycles. The Hall–Kier alpha value is -0.740. The fraction of sp³-hybridized carbons (Fsp3) is 0.417. The van der Waals surface area contributed by atoms with Gasteiger partial charge in [-0.2, -0.15) is 0 Å². The fourth-order valence-electron chi connectivity index (χ4n) is 1.51. The van der Waals surface area contributed by atoms with E-state index in [-0.39, 0.29) is 11.3 Å².